The molecule has 0 saturated carbocycles. The molecule has 31 heavy (non-hydrogen) atoms. The number of pyridine rings is 1. The van der Waals surface area contributed by atoms with E-state index in [2.05, 4.69) is 10.3 Å². The zero-order valence-corrected chi connectivity index (χ0v) is 17.9. The Hall–Kier alpha value is -3.39. The molecule has 1 aliphatic carbocycles. The first kappa shape index (κ1) is 20.9. The molecule has 0 radical (unpaired) electrons. The van der Waals surface area contributed by atoms with E-state index in [4.69, 9.17) is 10.5 Å². The lowest BCUT2D eigenvalue weighted by atomic mass is 9.90. The molecule has 2 heterocycles. The van der Waals surface area contributed by atoms with Crippen LogP contribution in [0.4, 0.5) is 0 Å². The SMILES string of the molecule is CCOc1cc(-c2ccccc2)sc1C(=O)NC1CCCc2[nH]c(=O)c(C(N)=O)cc21. The highest BCUT2D eigenvalue weighted by Crippen LogP contribution is 2.37. The quantitative estimate of drug-likeness (QED) is 0.548. The molecular formula is C23H23N3O4S. The molecular weight excluding hydrogens is 414 g/mol. The fraction of sp³-hybridized carbons (Fsp3) is 0.261. The number of amides is 2. The zero-order chi connectivity index (χ0) is 22.0. The predicted molar refractivity (Wildman–Crippen MR) is 120 cm³/mol. The molecule has 2 aromatic heterocycles. The van der Waals surface area contributed by atoms with Gasteiger partial charge in [-0.05, 0) is 49.4 Å². The highest BCUT2D eigenvalue weighted by molar-refractivity contribution is 7.17. The summed E-state index contributed by atoms with van der Waals surface area (Å²) in [6.45, 7) is 2.32. The van der Waals surface area contributed by atoms with Crippen molar-refractivity contribution >= 4 is 23.2 Å². The number of aryl methyl sites for hydroxylation is 1. The predicted octanol–water partition coefficient (Wildman–Crippen LogP) is 3.41. The van der Waals surface area contributed by atoms with Gasteiger partial charge in [-0.3, -0.25) is 14.4 Å². The molecule has 0 fully saturated rings. The van der Waals surface area contributed by atoms with Gasteiger partial charge >= 0.3 is 0 Å². The molecule has 3 aromatic rings. The summed E-state index contributed by atoms with van der Waals surface area (Å²) in [5, 5.41) is 3.06. The van der Waals surface area contributed by atoms with Gasteiger partial charge in [0.1, 0.15) is 16.2 Å². The summed E-state index contributed by atoms with van der Waals surface area (Å²) in [7, 11) is 0. The molecule has 1 aromatic carbocycles. The minimum Gasteiger partial charge on any atom is -0.492 e. The minimum absolute atomic E-state index is 0.0996. The van der Waals surface area contributed by atoms with Crippen molar-refractivity contribution in [1.82, 2.24) is 10.3 Å². The molecule has 160 valence electrons. The molecule has 4 N–H and O–H groups in total. The number of thiophene rings is 1. The summed E-state index contributed by atoms with van der Waals surface area (Å²) in [5.74, 6) is -0.497. The van der Waals surface area contributed by atoms with E-state index >= 15 is 0 Å². The van der Waals surface area contributed by atoms with Crippen LogP contribution in [0.3, 0.4) is 0 Å². The van der Waals surface area contributed by atoms with Crippen molar-refractivity contribution in [3.63, 3.8) is 0 Å². The van der Waals surface area contributed by atoms with Gasteiger partial charge in [-0.25, -0.2) is 0 Å². The van der Waals surface area contributed by atoms with Crippen LogP contribution in [0.15, 0.2) is 47.3 Å². The van der Waals surface area contributed by atoms with Gasteiger partial charge in [-0.2, -0.15) is 0 Å². The Balaban J connectivity index is 1.65. The van der Waals surface area contributed by atoms with Gasteiger partial charge in [0, 0.05) is 10.6 Å². The van der Waals surface area contributed by atoms with Crippen LogP contribution in [0.2, 0.25) is 0 Å². The van der Waals surface area contributed by atoms with Gasteiger partial charge in [-0.15, -0.1) is 11.3 Å². The van der Waals surface area contributed by atoms with E-state index < -0.39 is 11.5 Å². The molecule has 4 rings (SSSR count). The number of rotatable bonds is 6. The van der Waals surface area contributed by atoms with E-state index in [0.717, 1.165) is 28.1 Å². The van der Waals surface area contributed by atoms with Gasteiger partial charge in [0.25, 0.3) is 17.4 Å². The van der Waals surface area contributed by atoms with Gasteiger partial charge in [0.2, 0.25) is 0 Å². The summed E-state index contributed by atoms with van der Waals surface area (Å²) in [5.41, 5.74) is 7.21. The fourth-order valence-electron chi connectivity index (χ4n) is 3.84. The van der Waals surface area contributed by atoms with E-state index in [1.807, 2.05) is 43.3 Å². The molecule has 1 unspecified atom stereocenters. The van der Waals surface area contributed by atoms with Crippen molar-refractivity contribution in [2.45, 2.75) is 32.2 Å². The number of benzene rings is 1. The second kappa shape index (κ2) is 8.77. The third kappa shape index (κ3) is 4.25. The Labute approximate surface area is 183 Å². The molecule has 0 spiro atoms. The Morgan fingerprint density at radius 2 is 2.03 bits per heavy atom. The standard InChI is InChI=1S/C23H23N3O4S/c1-2-30-18-12-19(13-7-4-3-5-8-13)31-20(18)23(29)26-17-10-6-9-16-14(17)11-15(21(24)27)22(28)25-16/h3-5,7-8,11-12,17H,2,6,9-10H2,1H3,(H2,24,27)(H,25,28)(H,26,29). The minimum atomic E-state index is -0.788. The van der Waals surface area contributed by atoms with Crippen LogP contribution in [0, 0.1) is 0 Å². The average molecular weight is 438 g/mol. The molecule has 8 heteroatoms. The number of carbonyl (C=O) groups is 2. The monoisotopic (exact) mass is 437 g/mol. The van der Waals surface area contributed by atoms with Crippen molar-refractivity contribution < 1.29 is 14.3 Å². The fourth-order valence-corrected chi connectivity index (χ4v) is 4.85. The van der Waals surface area contributed by atoms with Crippen molar-refractivity contribution in [2.24, 2.45) is 5.73 Å². The third-order valence-corrected chi connectivity index (χ3v) is 6.45. The summed E-state index contributed by atoms with van der Waals surface area (Å²) in [6.07, 6.45) is 2.18. The smallest absolute Gasteiger partial charge is 0.265 e. The number of aromatic amines is 1. The van der Waals surface area contributed by atoms with E-state index in [-0.39, 0.29) is 17.5 Å². The lowest BCUT2D eigenvalue weighted by molar-refractivity contribution is 0.0933. The maximum Gasteiger partial charge on any atom is 0.265 e. The van der Waals surface area contributed by atoms with Gasteiger partial charge in [-0.1, -0.05) is 30.3 Å². The van der Waals surface area contributed by atoms with Crippen molar-refractivity contribution in [2.75, 3.05) is 6.61 Å². The number of ether oxygens (including phenoxy) is 1. The highest BCUT2D eigenvalue weighted by Gasteiger charge is 2.27. The lowest BCUT2D eigenvalue weighted by Gasteiger charge is -2.26. The normalized spacial score (nSPS) is 15.2. The second-order valence-electron chi connectivity index (χ2n) is 7.33. The average Bonchev–Trinajstić information content (AvgIpc) is 3.18. The van der Waals surface area contributed by atoms with Crippen LogP contribution >= 0.6 is 11.3 Å². The molecule has 1 aliphatic rings. The molecule has 0 aliphatic heterocycles. The Bertz CT molecular complexity index is 1180. The molecule has 2 amide bonds. The Morgan fingerprint density at radius 3 is 2.74 bits per heavy atom. The maximum absolute atomic E-state index is 13.2. The molecule has 0 saturated heterocycles. The van der Waals surface area contributed by atoms with E-state index in [9.17, 15) is 14.4 Å². The highest BCUT2D eigenvalue weighted by atomic mass is 32.1. The maximum atomic E-state index is 13.2. The number of H-pyrrole nitrogens is 1. The van der Waals surface area contributed by atoms with Crippen LogP contribution in [0.1, 0.15) is 57.1 Å². The summed E-state index contributed by atoms with van der Waals surface area (Å²) in [4.78, 5) is 41.1. The number of hydrogen-bond acceptors (Lipinski definition) is 5. The molecule has 1 atom stereocenters. The number of carbonyl (C=O) groups excluding carboxylic acids is 2. The number of primary amides is 1. The number of nitrogens with two attached hydrogens (primary N) is 1. The van der Waals surface area contributed by atoms with Crippen LogP contribution in [-0.4, -0.2) is 23.4 Å². The number of hydrogen-bond donors (Lipinski definition) is 3. The van der Waals surface area contributed by atoms with Crippen LogP contribution in [0.5, 0.6) is 5.75 Å². The van der Waals surface area contributed by atoms with E-state index in [1.165, 1.54) is 17.4 Å². The largest absolute Gasteiger partial charge is 0.492 e. The van der Waals surface area contributed by atoms with E-state index in [1.54, 1.807) is 0 Å². The topological polar surface area (TPSA) is 114 Å². The van der Waals surface area contributed by atoms with Crippen molar-refractivity contribution in [3.8, 4) is 16.2 Å². The molecule has 7 nitrogen and oxygen atoms in total. The van der Waals surface area contributed by atoms with E-state index in [0.29, 0.717) is 30.1 Å². The number of aromatic nitrogens is 1. The zero-order valence-electron chi connectivity index (χ0n) is 17.1. The first-order valence-corrected chi connectivity index (χ1v) is 11.0. The van der Waals surface area contributed by atoms with Gasteiger partial charge in [0.05, 0.1) is 12.6 Å². The first-order valence-electron chi connectivity index (χ1n) is 10.2. The van der Waals surface area contributed by atoms with Crippen LogP contribution < -0.4 is 21.3 Å². The van der Waals surface area contributed by atoms with Gasteiger partial charge < -0.3 is 20.8 Å². The van der Waals surface area contributed by atoms with Crippen LogP contribution in [-0.2, 0) is 6.42 Å². The number of fused-ring (bicyclic) bond motifs is 1. The Morgan fingerprint density at radius 1 is 1.26 bits per heavy atom. The first-order chi connectivity index (χ1) is 15.0. The van der Waals surface area contributed by atoms with Gasteiger partial charge in [0.15, 0.2) is 0 Å². The Kier molecular flexibility index (Phi) is 5.90. The van der Waals surface area contributed by atoms with Crippen LogP contribution in [0.25, 0.3) is 10.4 Å². The summed E-state index contributed by atoms with van der Waals surface area (Å²) in [6, 6.07) is 12.9. The van der Waals surface area contributed by atoms with Crippen molar-refractivity contribution in [1.29, 1.82) is 0 Å². The number of nitrogens with one attached hydrogen (secondary N) is 2. The lowest BCUT2D eigenvalue weighted by Crippen LogP contribution is -2.34. The summed E-state index contributed by atoms with van der Waals surface area (Å²) < 4.78 is 5.73. The second-order valence-corrected chi connectivity index (χ2v) is 8.38. The molecule has 0 bridgehead atoms. The summed E-state index contributed by atoms with van der Waals surface area (Å²) >= 11 is 1.37. The van der Waals surface area contributed by atoms with Crippen molar-refractivity contribution in [3.05, 3.63) is 74.5 Å². The third-order valence-electron chi connectivity index (χ3n) is 5.29.